The van der Waals surface area contributed by atoms with Gasteiger partial charge in [0.25, 0.3) is 0 Å². The number of aromatic nitrogens is 2. The third-order valence-electron chi connectivity index (χ3n) is 3.54. The van der Waals surface area contributed by atoms with Crippen LogP contribution in [0.5, 0.6) is 0 Å². The van der Waals surface area contributed by atoms with E-state index in [4.69, 9.17) is 0 Å². The van der Waals surface area contributed by atoms with Crippen molar-refractivity contribution in [2.45, 2.75) is 13.1 Å². The van der Waals surface area contributed by atoms with Gasteiger partial charge in [-0.2, -0.15) is 0 Å². The first kappa shape index (κ1) is 15.0. The van der Waals surface area contributed by atoms with Crippen molar-refractivity contribution < 1.29 is 9.13 Å². The summed E-state index contributed by atoms with van der Waals surface area (Å²) in [7, 11) is 0. The smallest absolute Gasteiger partial charge is 0.214 e. The molecule has 0 spiro atoms. The van der Waals surface area contributed by atoms with E-state index in [0.717, 1.165) is 15.9 Å². The van der Waals surface area contributed by atoms with Gasteiger partial charge in [-0.05, 0) is 36.4 Å². The molecule has 0 aliphatic carbocycles. The predicted octanol–water partition coefficient (Wildman–Crippen LogP) is 3.22. The summed E-state index contributed by atoms with van der Waals surface area (Å²) in [5.74, 6) is -0.308. The lowest BCUT2D eigenvalue weighted by molar-refractivity contribution is -0.475. The van der Waals surface area contributed by atoms with Gasteiger partial charge < -0.3 is 9.77 Å². The molecule has 3 aromatic rings. The van der Waals surface area contributed by atoms with E-state index < -0.39 is 0 Å². The minimum Gasteiger partial charge on any atom is -0.623 e. The van der Waals surface area contributed by atoms with Gasteiger partial charge in [-0.3, -0.25) is 0 Å². The Kier molecular flexibility index (Phi) is 4.47. The highest BCUT2D eigenvalue weighted by molar-refractivity contribution is 5.96. The van der Waals surface area contributed by atoms with E-state index in [1.807, 2.05) is 41.1 Å². The van der Waals surface area contributed by atoms with Crippen LogP contribution in [-0.4, -0.2) is 20.0 Å². The van der Waals surface area contributed by atoms with E-state index >= 15 is 0 Å². The summed E-state index contributed by atoms with van der Waals surface area (Å²) in [5.41, 5.74) is 2.26. The van der Waals surface area contributed by atoms with Crippen molar-refractivity contribution >= 4 is 5.71 Å². The predicted molar refractivity (Wildman–Crippen MR) is 86.5 cm³/mol. The van der Waals surface area contributed by atoms with Gasteiger partial charge in [-0.15, -0.1) is 0 Å². The quantitative estimate of drug-likeness (QED) is 0.314. The molecule has 0 saturated carbocycles. The van der Waals surface area contributed by atoms with E-state index in [0.29, 0.717) is 12.3 Å². The fraction of sp³-hybridized carbons (Fsp3) is 0.111. The van der Waals surface area contributed by atoms with Crippen molar-refractivity contribution in [3.8, 4) is 0 Å². The zero-order valence-corrected chi connectivity index (χ0v) is 12.5. The third kappa shape index (κ3) is 3.83. The van der Waals surface area contributed by atoms with E-state index in [-0.39, 0.29) is 12.4 Å². The van der Waals surface area contributed by atoms with Crippen molar-refractivity contribution in [1.82, 2.24) is 9.55 Å². The van der Waals surface area contributed by atoms with Crippen LogP contribution in [0.25, 0.3) is 0 Å². The van der Waals surface area contributed by atoms with Crippen LogP contribution in [0.3, 0.4) is 0 Å². The molecule has 0 saturated heterocycles. The lowest BCUT2D eigenvalue weighted by Crippen LogP contribution is -2.22. The van der Waals surface area contributed by atoms with Crippen LogP contribution in [0.1, 0.15) is 11.1 Å². The number of imidazole rings is 1. The van der Waals surface area contributed by atoms with Gasteiger partial charge in [0.1, 0.15) is 12.4 Å². The van der Waals surface area contributed by atoms with E-state index in [1.54, 1.807) is 24.7 Å². The SMILES string of the molecule is [O-]/[N+](Cc1ccc(F)cc1)=C(\Cn1ccnc1)c1ccccc1. The Morgan fingerprint density at radius 2 is 1.83 bits per heavy atom. The van der Waals surface area contributed by atoms with Gasteiger partial charge in [0.15, 0.2) is 6.54 Å². The molecule has 2 aromatic carbocycles. The highest BCUT2D eigenvalue weighted by Gasteiger charge is 2.14. The average Bonchev–Trinajstić information content (AvgIpc) is 3.09. The Bertz CT molecular complexity index is 781. The molecule has 0 N–H and O–H groups in total. The molecule has 0 unspecified atom stereocenters. The van der Waals surface area contributed by atoms with Crippen LogP contribution in [0.2, 0.25) is 0 Å². The van der Waals surface area contributed by atoms with Crippen molar-refractivity contribution in [3.05, 3.63) is 95.5 Å². The molecule has 4 nitrogen and oxygen atoms in total. The lowest BCUT2D eigenvalue weighted by Gasteiger charge is -2.12. The Morgan fingerprint density at radius 1 is 1.09 bits per heavy atom. The van der Waals surface area contributed by atoms with Crippen LogP contribution in [0.15, 0.2) is 73.3 Å². The zero-order valence-electron chi connectivity index (χ0n) is 12.5. The van der Waals surface area contributed by atoms with Crippen molar-refractivity contribution in [2.24, 2.45) is 0 Å². The first-order valence-electron chi connectivity index (χ1n) is 7.28. The van der Waals surface area contributed by atoms with Gasteiger partial charge >= 0.3 is 0 Å². The Balaban J connectivity index is 1.93. The second-order valence-corrected chi connectivity index (χ2v) is 5.21. The molecule has 0 aliphatic rings. The summed E-state index contributed by atoms with van der Waals surface area (Å²) in [5, 5.41) is 12.7. The number of halogens is 1. The van der Waals surface area contributed by atoms with Gasteiger partial charge in [-0.1, -0.05) is 18.2 Å². The summed E-state index contributed by atoms with van der Waals surface area (Å²) in [6.45, 7) is 0.591. The molecule has 0 fully saturated rings. The summed E-state index contributed by atoms with van der Waals surface area (Å²) >= 11 is 0. The molecular formula is C18H16FN3O. The molecule has 0 amide bonds. The van der Waals surface area contributed by atoms with Crippen LogP contribution >= 0.6 is 0 Å². The molecule has 1 aromatic heterocycles. The minimum absolute atomic E-state index is 0.166. The largest absolute Gasteiger partial charge is 0.623 e. The normalized spacial score (nSPS) is 12.0. The van der Waals surface area contributed by atoms with E-state index in [1.165, 1.54) is 12.1 Å². The number of rotatable bonds is 5. The molecule has 5 heteroatoms. The third-order valence-corrected chi connectivity index (χ3v) is 3.54. The molecule has 0 atom stereocenters. The Labute approximate surface area is 133 Å². The molecule has 23 heavy (non-hydrogen) atoms. The molecule has 0 aliphatic heterocycles. The highest BCUT2D eigenvalue weighted by atomic mass is 19.1. The van der Waals surface area contributed by atoms with E-state index in [9.17, 15) is 9.60 Å². The van der Waals surface area contributed by atoms with Crippen molar-refractivity contribution in [1.29, 1.82) is 0 Å². The maximum Gasteiger partial charge on any atom is 0.214 e. The average molecular weight is 309 g/mol. The molecule has 3 rings (SSSR count). The van der Waals surface area contributed by atoms with Crippen LogP contribution in [0, 0.1) is 11.0 Å². The maximum atomic E-state index is 13.0. The molecule has 0 bridgehead atoms. The topological polar surface area (TPSA) is 43.9 Å². The van der Waals surface area contributed by atoms with Crippen LogP contribution < -0.4 is 0 Å². The summed E-state index contributed by atoms with van der Waals surface area (Å²) < 4.78 is 15.8. The minimum atomic E-state index is -0.308. The number of hydroxylamine groups is 1. The van der Waals surface area contributed by atoms with Gasteiger partial charge in [0.2, 0.25) is 5.71 Å². The van der Waals surface area contributed by atoms with Crippen LogP contribution in [-0.2, 0) is 13.1 Å². The number of nitrogens with zero attached hydrogens (tertiary/aromatic N) is 3. The van der Waals surface area contributed by atoms with Gasteiger partial charge in [-0.25, -0.2) is 14.1 Å². The monoisotopic (exact) mass is 309 g/mol. The second kappa shape index (κ2) is 6.87. The molecule has 116 valence electrons. The Morgan fingerprint density at radius 3 is 2.48 bits per heavy atom. The summed E-state index contributed by atoms with van der Waals surface area (Å²) in [6, 6.07) is 15.5. The van der Waals surface area contributed by atoms with Crippen LogP contribution in [0.4, 0.5) is 4.39 Å². The fourth-order valence-corrected chi connectivity index (χ4v) is 2.35. The Hall–Kier alpha value is -2.95. The van der Waals surface area contributed by atoms with Gasteiger partial charge in [0.05, 0.1) is 6.33 Å². The molecule has 0 radical (unpaired) electrons. The maximum absolute atomic E-state index is 13.0. The molecule has 1 heterocycles. The zero-order chi connectivity index (χ0) is 16.1. The van der Waals surface area contributed by atoms with Crippen molar-refractivity contribution in [3.63, 3.8) is 0 Å². The standard InChI is InChI=1S/C18H16FN3O/c19-17-8-6-15(7-9-17)12-22(23)18(13-21-11-10-20-14-21)16-4-2-1-3-5-16/h1-11,14H,12-13H2/b22-18+. The van der Waals surface area contributed by atoms with E-state index in [2.05, 4.69) is 4.98 Å². The number of hydrogen-bond donors (Lipinski definition) is 0. The lowest BCUT2D eigenvalue weighted by atomic mass is 10.1. The molecular weight excluding hydrogens is 293 g/mol. The fourth-order valence-electron chi connectivity index (χ4n) is 2.35. The first-order chi connectivity index (χ1) is 11.2. The number of benzene rings is 2. The second-order valence-electron chi connectivity index (χ2n) is 5.21. The summed E-state index contributed by atoms with van der Waals surface area (Å²) in [6.07, 6.45) is 5.17. The first-order valence-corrected chi connectivity index (χ1v) is 7.28. The number of hydrogen-bond acceptors (Lipinski definition) is 2. The van der Waals surface area contributed by atoms with Crippen molar-refractivity contribution in [2.75, 3.05) is 0 Å². The summed E-state index contributed by atoms with van der Waals surface area (Å²) in [4.78, 5) is 4.01. The van der Waals surface area contributed by atoms with Gasteiger partial charge in [0, 0.05) is 23.5 Å². The highest BCUT2D eigenvalue weighted by Crippen LogP contribution is 2.08.